The van der Waals surface area contributed by atoms with Gasteiger partial charge in [-0.1, -0.05) is 30.3 Å². The van der Waals surface area contributed by atoms with Crippen LogP contribution in [0, 0.1) is 0 Å². The van der Waals surface area contributed by atoms with Crippen LogP contribution in [0.15, 0.2) is 79.1 Å². The molecule has 1 aliphatic heterocycles. The van der Waals surface area contributed by atoms with E-state index in [4.69, 9.17) is 4.74 Å². The molecule has 0 saturated carbocycles. The third-order valence-corrected chi connectivity index (χ3v) is 6.34. The van der Waals surface area contributed by atoms with Gasteiger partial charge >= 0.3 is 0 Å². The number of nitrogens with zero attached hydrogens (tertiary/aromatic N) is 3. The standard InChI is InChI=1S/C27H28N4O2/c1-33-24-7-4-5-20(17-24)19-31-25-8-3-2-6-21(25)18-26(31)27(32)30-15-11-23(12-16-30)29-22-9-13-28-14-10-22/h2-10,13-14,17-18,23H,11-12,15-16,19H2,1H3,(H,28,29). The number of likely N-dealkylation sites (tertiary alicyclic amines) is 1. The van der Waals surface area contributed by atoms with Gasteiger partial charge in [0.15, 0.2) is 0 Å². The molecule has 4 aromatic rings. The van der Waals surface area contributed by atoms with E-state index < -0.39 is 0 Å². The highest BCUT2D eigenvalue weighted by molar-refractivity contribution is 5.99. The number of hydrogen-bond acceptors (Lipinski definition) is 4. The van der Waals surface area contributed by atoms with E-state index in [1.165, 1.54) is 0 Å². The molecule has 168 valence electrons. The molecule has 6 heteroatoms. The first kappa shape index (κ1) is 21.1. The van der Waals surface area contributed by atoms with Gasteiger partial charge in [0.05, 0.1) is 7.11 Å². The van der Waals surface area contributed by atoms with Crippen molar-refractivity contribution in [3.63, 3.8) is 0 Å². The maximum absolute atomic E-state index is 13.6. The zero-order chi connectivity index (χ0) is 22.6. The molecule has 1 N–H and O–H groups in total. The van der Waals surface area contributed by atoms with Crippen molar-refractivity contribution in [3.05, 3.63) is 90.4 Å². The van der Waals surface area contributed by atoms with Crippen molar-refractivity contribution in [1.29, 1.82) is 0 Å². The fourth-order valence-electron chi connectivity index (χ4n) is 4.58. The Balaban J connectivity index is 1.36. The van der Waals surface area contributed by atoms with E-state index in [0.717, 1.165) is 59.5 Å². The second kappa shape index (κ2) is 9.36. The predicted octanol–water partition coefficient (Wildman–Crippen LogP) is 4.81. The summed E-state index contributed by atoms with van der Waals surface area (Å²) in [7, 11) is 1.67. The first-order valence-electron chi connectivity index (χ1n) is 11.4. The van der Waals surface area contributed by atoms with E-state index in [2.05, 4.69) is 33.1 Å². The van der Waals surface area contributed by atoms with Gasteiger partial charge in [-0.15, -0.1) is 0 Å². The summed E-state index contributed by atoms with van der Waals surface area (Å²) < 4.78 is 7.53. The van der Waals surface area contributed by atoms with E-state index in [1.54, 1.807) is 19.5 Å². The monoisotopic (exact) mass is 440 g/mol. The molecule has 0 unspecified atom stereocenters. The van der Waals surface area contributed by atoms with Gasteiger partial charge in [0.2, 0.25) is 0 Å². The van der Waals surface area contributed by atoms with E-state index in [1.807, 2.05) is 53.4 Å². The Labute approximate surface area is 193 Å². The second-order valence-corrected chi connectivity index (χ2v) is 8.47. The molecule has 0 radical (unpaired) electrons. The third kappa shape index (κ3) is 4.55. The number of carbonyl (C=O) groups excluding carboxylic acids is 1. The molecule has 1 fully saturated rings. The average Bonchev–Trinajstić information content (AvgIpc) is 3.23. The summed E-state index contributed by atoms with van der Waals surface area (Å²) in [6, 6.07) is 22.6. The zero-order valence-corrected chi connectivity index (χ0v) is 18.8. The number of methoxy groups -OCH3 is 1. The summed E-state index contributed by atoms with van der Waals surface area (Å²) in [4.78, 5) is 19.7. The van der Waals surface area contributed by atoms with E-state index in [9.17, 15) is 4.79 Å². The number of fused-ring (bicyclic) bond motifs is 1. The van der Waals surface area contributed by atoms with Crippen LogP contribution in [0.25, 0.3) is 10.9 Å². The van der Waals surface area contributed by atoms with Gasteiger partial charge in [-0.05, 0) is 54.8 Å². The number of nitrogens with one attached hydrogen (secondary N) is 1. The van der Waals surface area contributed by atoms with Crippen LogP contribution in [0.3, 0.4) is 0 Å². The average molecular weight is 441 g/mol. The largest absolute Gasteiger partial charge is 0.497 e. The number of hydrogen-bond donors (Lipinski definition) is 1. The molecule has 1 saturated heterocycles. The summed E-state index contributed by atoms with van der Waals surface area (Å²) in [5.41, 5.74) is 3.98. The summed E-state index contributed by atoms with van der Waals surface area (Å²) in [5.74, 6) is 0.914. The highest BCUT2D eigenvalue weighted by Crippen LogP contribution is 2.25. The highest BCUT2D eigenvalue weighted by atomic mass is 16.5. The van der Waals surface area contributed by atoms with E-state index in [0.29, 0.717) is 12.6 Å². The van der Waals surface area contributed by atoms with Crippen LogP contribution in [-0.4, -0.2) is 46.6 Å². The summed E-state index contributed by atoms with van der Waals surface area (Å²) in [6.07, 6.45) is 5.43. The second-order valence-electron chi connectivity index (χ2n) is 8.47. The summed E-state index contributed by atoms with van der Waals surface area (Å²) in [6.45, 7) is 2.09. The number of ether oxygens (including phenoxy) is 1. The molecule has 0 spiro atoms. The molecule has 1 amide bonds. The number of benzene rings is 2. The Kier molecular flexibility index (Phi) is 5.98. The first-order valence-corrected chi connectivity index (χ1v) is 11.4. The predicted molar refractivity (Wildman–Crippen MR) is 131 cm³/mol. The molecule has 0 atom stereocenters. The molecular formula is C27H28N4O2. The van der Waals surface area contributed by atoms with Crippen molar-refractivity contribution in [2.24, 2.45) is 0 Å². The van der Waals surface area contributed by atoms with Crippen molar-refractivity contribution < 1.29 is 9.53 Å². The van der Waals surface area contributed by atoms with Crippen LogP contribution in [-0.2, 0) is 6.54 Å². The molecule has 1 aliphatic rings. The smallest absolute Gasteiger partial charge is 0.270 e. The number of rotatable bonds is 6. The molecule has 2 aromatic heterocycles. The van der Waals surface area contributed by atoms with Gasteiger partial charge in [0.25, 0.3) is 5.91 Å². The van der Waals surface area contributed by atoms with Crippen molar-refractivity contribution >= 4 is 22.5 Å². The molecule has 3 heterocycles. The van der Waals surface area contributed by atoms with Crippen LogP contribution in [0.1, 0.15) is 28.9 Å². The topological polar surface area (TPSA) is 59.4 Å². The normalized spacial score (nSPS) is 14.4. The van der Waals surface area contributed by atoms with Crippen molar-refractivity contribution in [2.75, 3.05) is 25.5 Å². The van der Waals surface area contributed by atoms with Crippen molar-refractivity contribution in [1.82, 2.24) is 14.5 Å². The molecule has 6 nitrogen and oxygen atoms in total. The maximum Gasteiger partial charge on any atom is 0.270 e. The number of pyridine rings is 1. The lowest BCUT2D eigenvalue weighted by atomic mass is 10.0. The van der Waals surface area contributed by atoms with Crippen LogP contribution in [0.5, 0.6) is 5.75 Å². The van der Waals surface area contributed by atoms with Crippen LogP contribution in [0.2, 0.25) is 0 Å². The number of piperidine rings is 1. The quantitative estimate of drug-likeness (QED) is 0.467. The number of anilines is 1. The minimum Gasteiger partial charge on any atom is -0.497 e. The fourth-order valence-corrected chi connectivity index (χ4v) is 4.58. The maximum atomic E-state index is 13.6. The van der Waals surface area contributed by atoms with Gasteiger partial charge in [0, 0.05) is 54.7 Å². The summed E-state index contributed by atoms with van der Waals surface area (Å²) in [5, 5.41) is 4.64. The lowest BCUT2D eigenvalue weighted by Gasteiger charge is -2.33. The van der Waals surface area contributed by atoms with Gasteiger partial charge in [-0.25, -0.2) is 0 Å². The van der Waals surface area contributed by atoms with E-state index >= 15 is 0 Å². The summed E-state index contributed by atoms with van der Waals surface area (Å²) >= 11 is 0. The molecular weight excluding hydrogens is 412 g/mol. The molecule has 33 heavy (non-hydrogen) atoms. The SMILES string of the molecule is COc1cccc(Cn2c(C(=O)N3CCC(Nc4ccncc4)CC3)cc3ccccc32)c1. The fraction of sp³-hybridized carbons (Fsp3) is 0.259. The highest BCUT2D eigenvalue weighted by Gasteiger charge is 2.26. The lowest BCUT2D eigenvalue weighted by molar-refractivity contribution is 0.0708. The van der Waals surface area contributed by atoms with E-state index in [-0.39, 0.29) is 5.91 Å². The minimum absolute atomic E-state index is 0.0939. The van der Waals surface area contributed by atoms with Crippen LogP contribution >= 0.6 is 0 Å². The Morgan fingerprint density at radius 2 is 1.82 bits per heavy atom. The number of aromatic nitrogens is 2. The van der Waals surface area contributed by atoms with Crippen molar-refractivity contribution in [2.45, 2.75) is 25.4 Å². The number of carbonyl (C=O) groups is 1. The number of amides is 1. The van der Waals surface area contributed by atoms with Gasteiger partial charge < -0.3 is 19.5 Å². The number of para-hydroxylation sites is 1. The Hall–Kier alpha value is -3.80. The third-order valence-electron chi connectivity index (χ3n) is 6.34. The van der Waals surface area contributed by atoms with Gasteiger partial charge in [-0.2, -0.15) is 0 Å². The Bertz CT molecular complexity index is 1240. The van der Waals surface area contributed by atoms with Crippen molar-refractivity contribution in [3.8, 4) is 5.75 Å². The van der Waals surface area contributed by atoms with Crippen LogP contribution < -0.4 is 10.1 Å². The lowest BCUT2D eigenvalue weighted by Crippen LogP contribution is -2.43. The molecule has 0 bridgehead atoms. The Morgan fingerprint density at radius 1 is 1.03 bits per heavy atom. The minimum atomic E-state index is 0.0939. The molecule has 2 aromatic carbocycles. The van der Waals surface area contributed by atoms with Crippen LogP contribution in [0.4, 0.5) is 5.69 Å². The first-order chi connectivity index (χ1) is 16.2. The zero-order valence-electron chi connectivity index (χ0n) is 18.8. The van der Waals surface area contributed by atoms with Gasteiger partial charge in [-0.3, -0.25) is 9.78 Å². The van der Waals surface area contributed by atoms with Gasteiger partial charge in [0.1, 0.15) is 11.4 Å². The molecule has 0 aliphatic carbocycles. The Morgan fingerprint density at radius 3 is 2.61 bits per heavy atom. The molecule has 5 rings (SSSR count).